The Bertz CT molecular complexity index is 933. The molecule has 0 radical (unpaired) electrons. The van der Waals surface area contributed by atoms with Crippen molar-refractivity contribution in [2.45, 2.75) is 32.6 Å². The molecule has 6 atom stereocenters. The molecule has 2 bridgehead atoms. The number of rotatable bonds is 6. The van der Waals surface area contributed by atoms with Gasteiger partial charge in [0.05, 0.1) is 18.5 Å². The second-order valence-electron chi connectivity index (χ2n) is 10.5. The fourth-order valence-electron chi connectivity index (χ4n) is 6.89. The molecule has 0 N–H and O–H groups in total. The summed E-state index contributed by atoms with van der Waals surface area (Å²) < 4.78 is 7.88. The van der Waals surface area contributed by atoms with Gasteiger partial charge >= 0.3 is 0 Å². The standard InChI is InChI=1S/C25H33N5O/c1-16-11-26-29(2)25(16)23-5-6-24(28-27-23)31-15-18-9-21-13-30(14-22(21)10-18)12-20-8-17-3-4-19(20)7-17/h3-6,11,17-22H,7-10,12-15H2,1-2H3/t17?,18?,19?,20?,21-,22+. The third-order valence-electron chi connectivity index (χ3n) is 8.30. The van der Waals surface area contributed by atoms with Gasteiger partial charge in [0.1, 0.15) is 5.69 Å². The van der Waals surface area contributed by atoms with E-state index in [0.717, 1.165) is 53.1 Å². The molecule has 0 spiro atoms. The summed E-state index contributed by atoms with van der Waals surface area (Å²) in [5.74, 6) is 5.71. The minimum absolute atomic E-state index is 0.631. The van der Waals surface area contributed by atoms with Crippen molar-refractivity contribution < 1.29 is 4.74 Å². The molecule has 31 heavy (non-hydrogen) atoms. The molecular weight excluding hydrogens is 386 g/mol. The fourth-order valence-corrected chi connectivity index (χ4v) is 6.89. The van der Waals surface area contributed by atoms with Crippen LogP contribution in [0.25, 0.3) is 11.4 Å². The first-order valence-electron chi connectivity index (χ1n) is 12.0. The van der Waals surface area contributed by atoms with Crippen LogP contribution in [0.15, 0.2) is 30.5 Å². The van der Waals surface area contributed by atoms with Gasteiger partial charge in [-0.1, -0.05) is 12.2 Å². The van der Waals surface area contributed by atoms with Crippen molar-refractivity contribution in [3.63, 3.8) is 0 Å². The summed E-state index contributed by atoms with van der Waals surface area (Å²) in [4.78, 5) is 2.77. The van der Waals surface area contributed by atoms with Gasteiger partial charge in [-0.3, -0.25) is 4.68 Å². The van der Waals surface area contributed by atoms with Crippen LogP contribution >= 0.6 is 0 Å². The predicted molar refractivity (Wildman–Crippen MR) is 119 cm³/mol. The Labute approximate surface area is 184 Å². The number of nitrogens with zero attached hydrogens (tertiary/aromatic N) is 5. The highest BCUT2D eigenvalue weighted by molar-refractivity contribution is 5.58. The SMILES string of the molecule is Cc1cnn(C)c1-c1ccc(OCC2C[C@@H]3CN(CC4CC5C=CC4C5)C[C@@H]3C2)nn1. The third kappa shape index (κ3) is 3.69. The van der Waals surface area contributed by atoms with Gasteiger partial charge in [-0.05, 0) is 79.7 Å². The van der Waals surface area contributed by atoms with Crippen molar-refractivity contribution in [2.75, 3.05) is 26.2 Å². The lowest BCUT2D eigenvalue weighted by Gasteiger charge is -2.26. The molecule has 6 rings (SSSR count). The predicted octanol–water partition coefficient (Wildman–Crippen LogP) is 3.73. The van der Waals surface area contributed by atoms with E-state index in [2.05, 4.69) is 32.3 Å². The maximum atomic E-state index is 6.04. The summed E-state index contributed by atoms with van der Waals surface area (Å²) >= 11 is 0. The van der Waals surface area contributed by atoms with E-state index in [9.17, 15) is 0 Å². The van der Waals surface area contributed by atoms with Crippen molar-refractivity contribution in [1.82, 2.24) is 24.9 Å². The molecule has 3 aliphatic carbocycles. The van der Waals surface area contributed by atoms with Crippen LogP contribution in [0.5, 0.6) is 5.88 Å². The van der Waals surface area contributed by atoms with Crippen molar-refractivity contribution in [3.05, 3.63) is 36.0 Å². The topological polar surface area (TPSA) is 56.1 Å². The average molecular weight is 420 g/mol. The number of ether oxygens (including phenoxy) is 1. The monoisotopic (exact) mass is 419 g/mol. The Morgan fingerprint density at radius 1 is 1.03 bits per heavy atom. The zero-order valence-electron chi connectivity index (χ0n) is 18.7. The van der Waals surface area contributed by atoms with Crippen LogP contribution in [0.1, 0.15) is 31.2 Å². The highest BCUT2D eigenvalue weighted by atomic mass is 16.5. The first-order valence-corrected chi connectivity index (χ1v) is 12.0. The molecule has 4 unspecified atom stereocenters. The van der Waals surface area contributed by atoms with Gasteiger partial charge in [-0.2, -0.15) is 5.10 Å². The summed E-state index contributed by atoms with van der Waals surface area (Å²) in [5, 5.41) is 13.0. The normalized spacial score (nSPS) is 34.0. The first-order chi connectivity index (χ1) is 15.1. The van der Waals surface area contributed by atoms with Crippen LogP contribution in [-0.2, 0) is 7.05 Å². The molecule has 164 valence electrons. The molecule has 6 heteroatoms. The zero-order chi connectivity index (χ0) is 20.9. The largest absolute Gasteiger partial charge is 0.476 e. The number of fused-ring (bicyclic) bond motifs is 3. The number of aromatic nitrogens is 4. The number of allylic oxidation sites excluding steroid dienone is 2. The lowest BCUT2D eigenvalue weighted by molar-refractivity contribution is 0.206. The summed E-state index contributed by atoms with van der Waals surface area (Å²) in [7, 11) is 1.93. The van der Waals surface area contributed by atoms with Gasteiger partial charge in [0.15, 0.2) is 0 Å². The summed E-state index contributed by atoms with van der Waals surface area (Å²) in [5.41, 5.74) is 2.95. The Kier molecular flexibility index (Phi) is 4.86. The Balaban J connectivity index is 0.984. The Morgan fingerprint density at radius 3 is 2.48 bits per heavy atom. The van der Waals surface area contributed by atoms with E-state index in [-0.39, 0.29) is 0 Å². The van der Waals surface area contributed by atoms with E-state index >= 15 is 0 Å². The van der Waals surface area contributed by atoms with E-state index in [1.165, 1.54) is 45.3 Å². The molecule has 3 heterocycles. The van der Waals surface area contributed by atoms with E-state index in [0.29, 0.717) is 11.8 Å². The highest BCUT2D eigenvalue weighted by Crippen LogP contribution is 2.46. The number of hydrogen-bond acceptors (Lipinski definition) is 5. The summed E-state index contributed by atoms with van der Waals surface area (Å²) in [6.07, 6.45) is 12.3. The van der Waals surface area contributed by atoms with E-state index in [4.69, 9.17) is 4.74 Å². The van der Waals surface area contributed by atoms with Gasteiger partial charge in [0.2, 0.25) is 5.88 Å². The number of aryl methyl sites for hydroxylation is 2. The van der Waals surface area contributed by atoms with Crippen LogP contribution in [0.2, 0.25) is 0 Å². The van der Waals surface area contributed by atoms with Crippen LogP contribution in [0.4, 0.5) is 0 Å². The van der Waals surface area contributed by atoms with Crippen molar-refractivity contribution >= 4 is 0 Å². The number of hydrogen-bond donors (Lipinski definition) is 0. The van der Waals surface area contributed by atoms with Crippen molar-refractivity contribution in [1.29, 1.82) is 0 Å². The molecule has 2 aromatic heterocycles. The summed E-state index contributed by atoms with van der Waals surface area (Å²) in [6.45, 7) is 6.75. The molecule has 2 aromatic rings. The molecule has 0 amide bonds. The minimum Gasteiger partial charge on any atom is -0.476 e. The van der Waals surface area contributed by atoms with E-state index < -0.39 is 0 Å². The molecule has 1 saturated heterocycles. The molecule has 1 aliphatic heterocycles. The molecule has 0 aromatic carbocycles. The average Bonchev–Trinajstić information content (AvgIpc) is 3.56. The lowest BCUT2D eigenvalue weighted by atomic mass is 9.93. The van der Waals surface area contributed by atoms with Gasteiger partial charge in [-0.15, -0.1) is 10.2 Å². The third-order valence-corrected chi connectivity index (χ3v) is 8.30. The van der Waals surface area contributed by atoms with Crippen LogP contribution in [0, 0.1) is 42.4 Å². The molecular formula is C25H33N5O. The molecule has 2 saturated carbocycles. The quantitative estimate of drug-likeness (QED) is 0.668. The minimum atomic E-state index is 0.631. The maximum Gasteiger partial charge on any atom is 0.233 e. The maximum absolute atomic E-state index is 6.04. The molecule has 4 aliphatic rings. The zero-order valence-corrected chi connectivity index (χ0v) is 18.7. The highest BCUT2D eigenvalue weighted by Gasteiger charge is 2.43. The van der Waals surface area contributed by atoms with E-state index in [1.807, 2.05) is 37.0 Å². The first kappa shape index (κ1) is 19.5. The van der Waals surface area contributed by atoms with Gasteiger partial charge in [-0.25, -0.2) is 0 Å². The lowest BCUT2D eigenvalue weighted by Crippen LogP contribution is -2.30. The Morgan fingerprint density at radius 2 is 1.87 bits per heavy atom. The Hall–Kier alpha value is -2.21. The van der Waals surface area contributed by atoms with Crippen LogP contribution in [-0.4, -0.2) is 51.1 Å². The van der Waals surface area contributed by atoms with Crippen LogP contribution < -0.4 is 4.74 Å². The van der Waals surface area contributed by atoms with Gasteiger partial charge < -0.3 is 9.64 Å². The second kappa shape index (κ2) is 7.73. The second-order valence-corrected chi connectivity index (χ2v) is 10.5. The van der Waals surface area contributed by atoms with E-state index in [1.54, 1.807) is 0 Å². The number of likely N-dealkylation sites (tertiary alicyclic amines) is 1. The molecule has 3 fully saturated rings. The fraction of sp³-hybridized carbons (Fsp3) is 0.640. The van der Waals surface area contributed by atoms with Crippen LogP contribution in [0.3, 0.4) is 0 Å². The van der Waals surface area contributed by atoms with Gasteiger partial charge in [0.25, 0.3) is 0 Å². The van der Waals surface area contributed by atoms with Crippen molar-refractivity contribution in [3.8, 4) is 17.3 Å². The molecule has 6 nitrogen and oxygen atoms in total. The van der Waals surface area contributed by atoms with Crippen molar-refractivity contribution in [2.24, 2.45) is 42.6 Å². The smallest absolute Gasteiger partial charge is 0.233 e. The summed E-state index contributed by atoms with van der Waals surface area (Å²) in [6, 6.07) is 3.93. The van der Waals surface area contributed by atoms with Gasteiger partial charge in [0, 0.05) is 32.7 Å².